The molecule has 0 saturated carbocycles. The van der Waals surface area contributed by atoms with E-state index in [1.54, 1.807) is 0 Å². The predicted octanol–water partition coefficient (Wildman–Crippen LogP) is 4.51. The van der Waals surface area contributed by atoms with Crippen LogP contribution in [0.1, 0.15) is 23.6 Å². The Morgan fingerprint density at radius 3 is 2.21 bits per heavy atom. The van der Waals surface area contributed by atoms with Crippen molar-refractivity contribution in [2.45, 2.75) is 27.3 Å². The number of nitrogens with zero attached hydrogens (tertiary/aromatic N) is 1. The van der Waals surface area contributed by atoms with Crippen LogP contribution < -0.4 is 10.2 Å². The van der Waals surface area contributed by atoms with E-state index in [4.69, 9.17) is 0 Å². The van der Waals surface area contributed by atoms with E-state index in [0.29, 0.717) is 0 Å². The molecule has 102 valence electrons. The van der Waals surface area contributed by atoms with Crippen LogP contribution in [0.4, 0.5) is 11.4 Å². The Bertz CT molecular complexity index is 498. The van der Waals surface area contributed by atoms with Crippen molar-refractivity contribution in [3.63, 3.8) is 0 Å². The van der Waals surface area contributed by atoms with Crippen LogP contribution in [0.15, 0.2) is 36.4 Å². The summed E-state index contributed by atoms with van der Waals surface area (Å²) in [5.41, 5.74) is 2.48. The number of hydrogen-bond acceptors (Lipinski definition) is 3. The zero-order valence-corrected chi connectivity index (χ0v) is 12.8. The molecule has 0 amide bonds. The number of nitrogens with one attached hydrogen (secondary N) is 1. The third kappa shape index (κ3) is 3.74. The Balaban J connectivity index is 1.95. The molecular weight excluding hydrogens is 252 g/mol. The highest BCUT2D eigenvalue weighted by Crippen LogP contribution is 2.20. The second-order valence-electron chi connectivity index (χ2n) is 4.59. The summed E-state index contributed by atoms with van der Waals surface area (Å²) >= 11 is 1.85. The van der Waals surface area contributed by atoms with Gasteiger partial charge < -0.3 is 10.2 Å². The lowest BCUT2D eigenvalue weighted by Crippen LogP contribution is -2.21. The summed E-state index contributed by atoms with van der Waals surface area (Å²) < 4.78 is 0. The highest BCUT2D eigenvalue weighted by atomic mass is 32.1. The van der Waals surface area contributed by atoms with Gasteiger partial charge in [0.05, 0.1) is 0 Å². The number of hydrogen-bond donors (Lipinski definition) is 1. The third-order valence-corrected chi connectivity index (χ3v) is 4.26. The molecule has 19 heavy (non-hydrogen) atoms. The van der Waals surface area contributed by atoms with Gasteiger partial charge in [-0.1, -0.05) is 0 Å². The molecule has 0 aliphatic rings. The van der Waals surface area contributed by atoms with Crippen molar-refractivity contribution < 1.29 is 0 Å². The fourth-order valence-corrected chi connectivity index (χ4v) is 2.98. The van der Waals surface area contributed by atoms with Crippen LogP contribution in [0.25, 0.3) is 0 Å². The van der Waals surface area contributed by atoms with Crippen molar-refractivity contribution in [3.8, 4) is 0 Å². The maximum absolute atomic E-state index is 3.47. The first-order chi connectivity index (χ1) is 9.22. The van der Waals surface area contributed by atoms with E-state index in [2.05, 4.69) is 67.4 Å². The van der Waals surface area contributed by atoms with Gasteiger partial charge in [0, 0.05) is 40.8 Å². The van der Waals surface area contributed by atoms with E-state index in [0.717, 1.165) is 19.6 Å². The molecule has 0 aliphatic carbocycles. The first-order valence-electron chi connectivity index (χ1n) is 6.87. The standard InChI is InChI=1S/C16H22N2S/c1-4-18(5-2)15-9-7-14(8-10-15)17-12-16-11-6-13(3)19-16/h6-11,17H,4-5,12H2,1-3H3. The van der Waals surface area contributed by atoms with Crippen LogP contribution in [0.5, 0.6) is 0 Å². The highest BCUT2D eigenvalue weighted by molar-refractivity contribution is 7.11. The summed E-state index contributed by atoms with van der Waals surface area (Å²) in [7, 11) is 0. The molecule has 0 bridgehead atoms. The summed E-state index contributed by atoms with van der Waals surface area (Å²) in [6.45, 7) is 9.54. The average Bonchev–Trinajstić information content (AvgIpc) is 2.85. The molecule has 3 heteroatoms. The normalized spacial score (nSPS) is 10.5. The summed E-state index contributed by atoms with van der Waals surface area (Å²) in [5.74, 6) is 0. The van der Waals surface area contributed by atoms with Crippen LogP contribution in [0.2, 0.25) is 0 Å². The Kier molecular flexibility index (Phi) is 4.86. The summed E-state index contributed by atoms with van der Waals surface area (Å²) in [6.07, 6.45) is 0. The van der Waals surface area contributed by atoms with Gasteiger partial charge in [0.25, 0.3) is 0 Å². The highest BCUT2D eigenvalue weighted by Gasteiger charge is 2.01. The van der Waals surface area contributed by atoms with Crippen LogP contribution >= 0.6 is 11.3 Å². The third-order valence-electron chi connectivity index (χ3n) is 3.26. The lowest BCUT2D eigenvalue weighted by molar-refractivity contribution is 0.866. The molecule has 1 aromatic heterocycles. The van der Waals surface area contributed by atoms with Gasteiger partial charge in [-0.05, 0) is 57.2 Å². The van der Waals surface area contributed by atoms with Crippen LogP contribution in [-0.4, -0.2) is 13.1 Å². The van der Waals surface area contributed by atoms with E-state index in [-0.39, 0.29) is 0 Å². The van der Waals surface area contributed by atoms with Gasteiger partial charge in [-0.15, -0.1) is 11.3 Å². The minimum atomic E-state index is 0.906. The molecular formula is C16H22N2S. The summed E-state index contributed by atoms with van der Waals surface area (Å²) in [5, 5.41) is 3.47. The van der Waals surface area contributed by atoms with Gasteiger partial charge in [0.1, 0.15) is 0 Å². The van der Waals surface area contributed by atoms with E-state index < -0.39 is 0 Å². The molecule has 0 spiro atoms. The van der Waals surface area contributed by atoms with Crippen molar-refractivity contribution in [2.24, 2.45) is 0 Å². The quantitative estimate of drug-likeness (QED) is 0.833. The van der Waals surface area contributed by atoms with E-state index in [1.165, 1.54) is 21.1 Å². The lowest BCUT2D eigenvalue weighted by atomic mass is 10.2. The zero-order valence-electron chi connectivity index (χ0n) is 11.9. The Hall–Kier alpha value is -1.48. The Labute approximate surface area is 120 Å². The molecule has 0 atom stereocenters. The molecule has 1 heterocycles. The first kappa shape index (κ1) is 13.9. The van der Waals surface area contributed by atoms with E-state index >= 15 is 0 Å². The molecule has 2 nitrogen and oxygen atoms in total. The molecule has 0 aliphatic heterocycles. The number of anilines is 2. The number of thiophene rings is 1. The summed E-state index contributed by atoms with van der Waals surface area (Å²) in [4.78, 5) is 5.10. The predicted molar refractivity (Wildman–Crippen MR) is 86.4 cm³/mol. The van der Waals surface area contributed by atoms with Crippen molar-refractivity contribution in [2.75, 3.05) is 23.3 Å². The lowest BCUT2D eigenvalue weighted by Gasteiger charge is -2.21. The molecule has 0 saturated heterocycles. The van der Waals surface area contributed by atoms with E-state index in [1.807, 2.05) is 11.3 Å². The smallest absolute Gasteiger partial charge is 0.0494 e. The topological polar surface area (TPSA) is 15.3 Å². The molecule has 0 radical (unpaired) electrons. The monoisotopic (exact) mass is 274 g/mol. The van der Waals surface area contributed by atoms with Crippen molar-refractivity contribution in [1.82, 2.24) is 0 Å². The SMILES string of the molecule is CCN(CC)c1ccc(NCc2ccc(C)s2)cc1. The zero-order chi connectivity index (χ0) is 13.7. The fraction of sp³-hybridized carbons (Fsp3) is 0.375. The summed E-state index contributed by atoms with van der Waals surface area (Å²) in [6, 6.07) is 13.1. The Morgan fingerprint density at radius 2 is 1.68 bits per heavy atom. The van der Waals surface area contributed by atoms with Crippen LogP contribution in [0, 0.1) is 6.92 Å². The maximum Gasteiger partial charge on any atom is 0.0494 e. The molecule has 0 unspecified atom stereocenters. The number of rotatable bonds is 6. The van der Waals surface area contributed by atoms with Crippen molar-refractivity contribution >= 4 is 22.7 Å². The minimum absolute atomic E-state index is 0.906. The average molecular weight is 274 g/mol. The van der Waals surface area contributed by atoms with Gasteiger partial charge in [-0.2, -0.15) is 0 Å². The van der Waals surface area contributed by atoms with Crippen molar-refractivity contribution in [1.29, 1.82) is 0 Å². The van der Waals surface area contributed by atoms with Crippen LogP contribution in [0.3, 0.4) is 0 Å². The molecule has 1 N–H and O–H groups in total. The van der Waals surface area contributed by atoms with E-state index in [9.17, 15) is 0 Å². The fourth-order valence-electron chi connectivity index (χ4n) is 2.15. The van der Waals surface area contributed by atoms with Crippen molar-refractivity contribution in [3.05, 3.63) is 46.2 Å². The first-order valence-corrected chi connectivity index (χ1v) is 7.68. The number of benzene rings is 1. The van der Waals surface area contributed by atoms with Gasteiger partial charge in [0.15, 0.2) is 0 Å². The maximum atomic E-state index is 3.47. The minimum Gasteiger partial charge on any atom is -0.380 e. The van der Waals surface area contributed by atoms with Crippen LogP contribution in [-0.2, 0) is 6.54 Å². The van der Waals surface area contributed by atoms with Gasteiger partial charge in [-0.3, -0.25) is 0 Å². The second kappa shape index (κ2) is 6.62. The molecule has 1 aromatic carbocycles. The number of aryl methyl sites for hydroxylation is 1. The van der Waals surface area contributed by atoms with Gasteiger partial charge >= 0.3 is 0 Å². The molecule has 2 aromatic rings. The molecule has 2 rings (SSSR count). The van der Waals surface area contributed by atoms with Gasteiger partial charge in [-0.25, -0.2) is 0 Å². The largest absolute Gasteiger partial charge is 0.380 e. The second-order valence-corrected chi connectivity index (χ2v) is 5.96. The molecule has 0 fully saturated rings. The Morgan fingerprint density at radius 1 is 1.00 bits per heavy atom. The van der Waals surface area contributed by atoms with Gasteiger partial charge in [0.2, 0.25) is 0 Å².